The SMILES string of the molecule is CC/C=C/CCCCCCCCCCCOC(=O)C1CCCCC1C(=O)[O-].[Na+]. The zero-order valence-corrected chi connectivity index (χ0v) is 20.3. The number of carboxylic acids is 1. The largest absolute Gasteiger partial charge is 1.00 e. The minimum absolute atomic E-state index is 0. The Morgan fingerprint density at radius 1 is 0.857 bits per heavy atom. The van der Waals surface area contributed by atoms with Crippen LogP contribution in [0.2, 0.25) is 0 Å². The maximum Gasteiger partial charge on any atom is 1.00 e. The van der Waals surface area contributed by atoms with E-state index in [-0.39, 0.29) is 35.5 Å². The molecule has 0 bridgehead atoms. The Bertz CT molecular complexity index is 436. The molecule has 28 heavy (non-hydrogen) atoms. The van der Waals surface area contributed by atoms with Gasteiger partial charge in [-0.15, -0.1) is 0 Å². The molecule has 0 spiro atoms. The molecule has 5 heteroatoms. The molecule has 0 amide bonds. The van der Waals surface area contributed by atoms with Gasteiger partial charge in [-0.1, -0.05) is 76.9 Å². The summed E-state index contributed by atoms with van der Waals surface area (Å²) in [7, 11) is 0. The molecule has 0 aromatic carbocycles. The second-order valence-electron chi connectivity index (χ2n) is 7.83. The van der Waals surface area contributed by atoms with Gasteiger partial charge in [-0.2, -0.15) is 0 Å². The van der Waals surface area contributed by atoms with Crippen LogP contribution in [0.25, 0.3) is 0 Å². The fourth-order valence-electron chi connectivity index (χ4n) is 3.86. The van der Waals surface area contributed by atoms with Crippen LogP contribution < -0.4 is 34.7 Å². The Hall–Kier alpha value is -0.320. The molecule has 4 nitrogen and oxygen atoms in total. The smallest absolute Gasteiger partial charge is 0.550 e. The van der Waals surface area contributed by atoms with Gasteiger partial charge in [-0.25, -0.2) is 0 Å². The van der Waals surface area contributed by atoms with Gasteiger partial charge in [0.05, 0.1) is 12.5 Å². The Balaban J connectivity index is 0.00000729. The van der Waals surface area contributed by atoms with Crippen molar-refractivity contribution in [3.8, 4) is 0 Å². The second-order valence-corrected chi connectivity index (χ2v) is 7.83. The first-order valence-corrected chi connectivity index (χ1v) is 11.2. The molecule has 2 unspecified atom stereocenters. The van der Waals surface area contributed by atoms with E-state index in [1.165, 1.54) is 51.4 Å². The molecule has 0 saturated heterocycles. The Labute approximate surface area is 194 Å². The van der Waals surface area contributed by atoms with Crippen molar-refractivity contribution in [1.82, 2.24) is 0 Å². The van der Waals surface area contributed by atoms with Crippen LogP contribution in [0.4, 0.5) is 0 Å². The van der Waals surface area contributed by atoms with Crippen LogP contribution in [0.5, 0.6) is 0 Å². The Morgan fingerprint density at radius 2 is 1.39 bits per heavy atom. The molecular weight excluding hydrogens is 363 g/mol. The molecule has 0 radical (unpaired) electrons. The summed E-state index contributed by atoms with van der Waals surface area (Å²) in [5.74, 6) is -2.60. The molecule has 156 valence electrons. The predicted molar refractivity (Wildman–Crippen MR) is 107 cm³/mol. The third-order valence-electron chi connectivity index (χ3n) is 5.53. The van der Waals surface area contributed by atoms with Crippen molar-refractivity contribution in [3.05, 3.63) is 12.2 Å². The normalized spacial score (nSPS) is 19.3. The van der Waals surface area contributed by atoms with Crippen LogP contribution in [-0.2, 0) is 14.3 Å². The van der Waals surface area contributed by atoms with E-state index in [2.05, 4.69) is 19.1 Å². The summed E-state index contributed by atoms with van der Waals surface area (Å²) >= 11 is 0. The van der Waals surface area contributed by atoms with Crippen LogP contribution in [0.15, 0.2) is 12.2 Å². The van der Waals surface area contributed by atoms with Gasteiger partial charge in [-0.05, 0) is 38.5 Å². The third kappa shape index (κ3) is 13.0. The molecule has 1 rings (SSSR count). The maximum atomic E-state index is 12.1. The summed E-state index contributed by atoms with van der Waals surface area (Å²) in [6.45, 7) is 2.59. The number of ether oxygens (including phenoxy) is 1. The van der Waals surface area contributed by atoms with E-state index in [1.54, 1.807) is 0 Å². The van der Waals surface area contributed by atoms with E-state index < -0.39 is 17.8 Å². The number of hydrogen-bond acceptors (Lipinski definition) is 4. The molecular formula is C23H39NaO4. The van der Waals surface area contributed by atoms with Gasteiger partial charge in [0.15, 0.2) is 0 Å². The van der Waals surface area contributed by atoms with Gasteiger partial charge in [0.1, 0.15) is 0 Å². The number of carboxylic acid groups (broad SMARTS) is 1. The summed E-state index contributed by atoms with van der Waals surface area (Å²) in [6, 6.07) is 0. The van der Waals surface area contributed by atoms with Crippen molar-refractivity contribution >= 4 is 11.9 Å². The van der Waals surface area contributed by atoms with Crippen LogP contribution >= 0.6 is 0 Å². The van der Waals surface area contributed by atoms with Crippen molar-refractivity contribution in [2.75, 3.05) is 6.61 Å². The number of esters is 1. The fourth-order valence-corrected chi connectivity index (χ4v) is 3.86. The minimum atomic E-state index is -1.10. The quantitative estimate of drug-likeness (QED) is 0.182. The molecule has 0 aromatic rings. The van der Waals surface area contributed by atoms with E-state index in [1.807, 2.05) is 0 Å². The van der Waals surface area contributed by atoms with Crippen LogP contribution in [-0.4, -0.2) is 18.5 Å². The first kappa shape index (κ1) is 27.7. The maximum absolute atomic E-state index is 12.1. The minimum Gasteiger partial charge on any atom is -0.550 e. The van der Waals surface area contributed by atoms with Gasteiger partial charge in [-0.3, -0.25) is 4.79 Å². The van der Waals surface area contributed by atoms with Crippen LogP contribution in [0.1, 0.15) is 103 Å². The van der Waals surface area contributed by atoms with E-state index in [0.29, 0.717) is 19.4 Å². The fraction of sp³-hybridized carbons (Fsp3) is 0.826. The zero-order chi connectivity index (χ0) is 19.7. The van der Waals surface area contributed by atoms with E-state index in [0.717, 1.165) is 32.1 Å². The Morgan fingerprint density at radius 3 is 1.96 bits per heavy atom. The van der Waals surface area contributed by atoms with E-state index in [9.17, 15) is 14.7 Å². The summed E-state index contributed by atoms with van der Waals surface area (Å²) < 4.78 is 5.33. The molecule has 1 aliphatic carbocycles. The van der Waals surface area contributed by atoms with Crippen LogP contribution in [0.3, 0.4) is 0 Å². The molecule has 0 heterocycles. The molecule has 2 atom stereocenters. The summed E-state index contributed by atoms with van der Waals surface area (Å²) in [5, 5.41) is 11.1. The van der Waals surface area contributed by atoms with Crippen molar-refractivity contribution in [1.29, 1.82) is 0 Å². The molecule has 1 fully saturated rings. The first-order valence-electron chi connectivity index (χ1n) is 11.2. The summed E-state index contributed by atoms with van der Waals surface area (Å²) in [6.07, 6.45) is 20.8. The number of carbonyl (C=O) groups excluding carboxylic acids is 2. The standard InChI is InChI=1S/C23H40O4.Na/c1-2-3-4-5-6-7-8-9-10-11-12-13-16-19-27-23(26)21-18-15-14-17-20(21)22(24)25;/h3-4,20-21H,2,5-19H2,1H3,(H,24,25);/q;+1/p-1/b4-3+;. The van der Waals surface area contributed by atoms with Gasteiger partial charge < -0.3 is 14.6 Å². The monoisotopic (exact) mass is 402 g/mol. The predicted octanol–water partition coefficient (Wildman–Crippen LogP) is 1.96. The van der Waals surface area contributed by atoms with Crippen molar-refractivity contribution in [2.45, 2.75) is 103 Å². The zero-order valence-electron chi connectivity index (χ0n) is 18.3. The second kappa shape index (κ2) is 18.7. The molecule has 0 N–H and O–H groups in total. The van der Waals surface area contributed by atoms with E-state index in [4.69, 9.17) is 4.74 Å². The number of unbranched alkanes of at least 4 members (excludes halogenated alkanes) is 9. The average molecular weight is 403 g/mol. The number of carbonyl (C=O) groups is 2. The van der Waals surface area contributed by atoms with Crippen molar-refractivity contribution in [3.63, 3.8) is 0 Å². The van der Waals surface area contributed by atoms with E-state index >= 15 is 0 Å². The summed E-state index contributed by atoms with van der Waals surface area (Å²) in [4.78, 5) is 23.3. The number of aliphatic carboxylic acids is 1. The number of rotatable bonds is 15. The molecule has 0 aliphatic heterocycles. The van der Waals surface area contributed by atoms with Crippen molar-refractivity contribution in [2.24, 2.45) is 11.8 Å². The average Bonchev–Trinajstić information content (AvgIpc) is 2.68. The number of hydrogen-bond donors (Lipinski definition) is 0. The van der Waals surface area contributed by atoms with Gasteiger partial charge in [0, 0.05) is 11.9 Å². The van der Waals surface area contributed by atoms with Gasteiger partial charge >= 0.3 is 35.5 Å². The van der Waals surface area contributed by atoms with Crippen molar-refractivity contribution < 1.29 is 49.0 Å². The van der Waals surface area contributed by atoms with Crippen LogP contribution in [0, 0.1) is 11.8 Å². The molecule has 1 aliphatic rings. The Kier molecular flexibility index (Phi) is 18.5. The summed E-state index contributed by atoms with van der Waals surface area (Å²) in [5.41, 5.74) is 0. The first-order chi connectivity index (χ1) is 13.2. The van der Waals surface area contributed by atoms with Gasteiger partial charge in [0.25, 0.3) is 0 Å². The third-order valence-corrected chi connectivity index (χ3v) is 5.53. The molecule has 0 aromatic heterocycles. The number of allylic oxidation sites excluding steroid dienone is 2. The molecule has 1 saturated carbocycles. The topological polar surface area (TPSA) is 66.4 Å². The van der Waals surface area contributed by atoms with Gasteiger partial charge in [0.2, 0.25) is 0 Å².